The molecule has 3 aromatic carbocycles. The first-order valence-corrected chi connectivity index (χ1v) is 13.6. The van der Waals surface area contributed by atoms with E-state index in [1.807, 2.05) is 6.92 Å². The van der Waals surface area contributed by atoms with E-state index >= 15 is 4.39 Å². The molecular formula is C32H25F2N5O4. The lowest BCUT2D eigenvalue weighted by Crippen LogP contribution is -2.47. The molecule has 2 aliphatic rings. The molecule has 0 aliphatic carbocycles. The number of nitrogens with zero attached hydrogens (tertiary/aromatic N) is 3. The number of benzene rings is 3. The van der Waals surface area contributed by atoms with Gasteiger partial charge in [-0.2, -0.15) is 0 Å². The molecule has 2 aliphatic heterocycles. The smallest absolute Gasteiger partial charge is 0.261 e. The van der Waals surface area contributed by atoms with Crippen LogP contribution in [0, 0.1) is 11.6 Å². The Kier molecular flexibility index (Phi) is 7.22. The van der Waals surface area contributed by atoms with Crippen LogP contribution >= 0.6 is 0 Å². The molecule has 0 radical (unpaired) electrons. The monoisotopic (exact) mass is 581 g/mol. The number of fused-ring (bicyclic) bond motifs is 2. The van der Waals surface area contributed by atoms with Crippen molar-refractivity contribution in [1.29, 1.82) is 0 Å². The standard InChI is InChI=1S/C32H25F2N5O4/c1-17-11-26(40)38-29-27(17)28(35-16-36-29)19-9-10-25(34)24(14-19)30(41)37-21(13-18-5-4-6-20(33)12-18)15-39-31(42)22-7-2-3-8-23(22)32(39)43/h2-10,12,14,16-17,21H,11,13,15H2,1H3,(H,37,41)(H,35,36,38,40). The van der Waals surface area contributed by atoms with Crippen molar-refractivity contribution in [1.82, 2.24) is 20.2 Å². The van der Waals surface area contributed by atoms with E-state index in [0.717, 1.165) is 11.0 Å². The van der Waals surface area contributed by atoms with Crippen molar-refractivity contribution in [3.63, 3.8) is 0 Å². The number of nitrogens with one attached hydrogen (secondary N) is 2. The summed E-state index contributed by atoms with van der Waals surface area (Å²) in [6.07, 6.45) is 1.57. The van der Waals surface area contributed by atoms with Crippen molar-refractivity contribution in [2.24, 2.45) is 0 Å². The lowest BCUT2D eigenvalue weighted by Gasteiger charge is -2.25. The molecule has 1 aromatic heterocycles. The van der Waals surface area contributed by atoms with E-state index in [9.17, 15) is 23.6 Å². The highest BCUT2D eigenvalue weighted by atomic mass is 19.1. The van der Waals surface area contributed by atoms with Gasteiger partial charge in [0.25, 0.3) is 17.7 Å². The third-order valence-corrected chi connectivity index (χ3v) is 7.60. The Bertz CT molecular complexity index is 1780. The highest BCUT2D eigenvalue weighted by Gasteiger charge is 2.37. The Morgan fingerprint density at radius 2 is 1.74 bits per heavy atom. The first-order chi connectivity index (χ1) is 20.7. The minimum atomic E-state index is -0.874. The average molecular weight is 582 g/mol. The molecule has 4 aromatic rings. The van der Waals surface area contributed by atoms with Crippen molar-refractivity contribution < 1.29 is 28.0 Å². The predicted octanol–water partition coefficient (Wildman–Crippen LogP) is 4.50. The summed E-state index contributed by atoms with van der Waals surface area (Å²) in [4.78, 5) is 61.3. The van der Waals surface area contributed by atoms with E-state index in [2.05, 4.69) is 20.6 Å². The van der Waals surface area contributed by atoms with Gasteiger partial charge in [0.15, 0.2) is 0 Å². The Balaban J connectivity index is 1.31. The molecule has 6 rings (SSSR count). The number of hydrogen-bond acceptors (Lipinski definition) is 6. The SMILES string of the molecule is CC1CC(=O)Nc2ncnc(-c3ccc(F)c(C(=O)NC(Cc4cccc(F)c4)CN4C(=O)c5ccccc5C4=O)c3)c21. The van der Waals surface area contributed by atoms with Crippen LogP contribution in [0.15, 0.2) is 73.1 Å². The summed E-state index contributed by atoms with van der Waals surface area (Å²) in [7, 11) is 0. The normalized spacial score (nSPS) is 16.4. The molecule has 0 fully saturated rings. The van der Waals surface area contributed by atoms with Crippen LogP contribution in [0.3, 0.4) is 0 Å². The van der Waals surface area contributed by atoms with Gasteiger partial charge >= 0.3 is 0 Å². The number of imide groups is 1. The minimum Gasteiger partial charge on any atom is -0.347 e. The maximum Gasteiger partial charge on any atom is 0.261 e. The lowest BCUT2D eigenvalue weighted by molar-refractivity contribution is -0.116. The highest BCUT2D eigenvalue weighted by molar-refractivity contribution is 6.21. The molecule has 2 unspecified atom stereocenters. The Morgan fingerprint density at radius 3 is 2.47 bits per heavy atom. The fourth-order valence-electron chi connectivity index (χ4n) is 5.60. The second-order valence-electron chi connectivity index (χ2n) is 10.6. The van der Waals surface area contributed by atoms with Gasteiger partial charge < -0.3 is 10.6 Å². The molecule has 0 saturated heterocycles. The number of hydrogen-bond donors (Lipinski definition) is 2. The van der Waals surface area contributed by atoms with Crippen LogP contribution in [0.2, 0.25) is 0 Å². The van der Waals surface area contributed by atoms with Gasteiger partial charge in [0.1, 0.15) is 23.8 Å². The fraction of sp³-hybridized carbons (Fsp3) is 0.188. The zero-order chi connectivity index (χ0) is 30.2. The maximum atomic E-state index is 15.1. The van der Waals surface area contributed by atoms with E-state index in [4.69, 9.17) is 0 Å². The van der Waals surface area contributed by atoms with Crippen molar-refractivity contribution in [2.45, 2.75) is 31.7 Å². The van der Waals surface area contributed by atoms with Gasteiger partial charge in [0.05, 0.1) is 28.4 Å². The summed E-state index contributed by atoms with van der Waals surface area (Å²) in [6.45, 7) is 1.64. The van der Waals surface area contributed by atoms with E-state index in [1.165, 1.54) is 36.7 Å². The predicted molar refractivity (Wildman–Crippen MR) is 152 cm³/mol. The minimum absolute atomic E-state index is 0.0643. The summed E-state index contributed by atoms with van der Waals surface area (Å²) >= 11 is 0. The third-order valence-electron chi connectivity index (χ3n) is 7.60. The molecule has 11 heteroatoms. The molecule has 216 valence electrons. The molecule has 43 heavy (non-hydrogen) atoms. The van der Waals surface area contributed by atoms with Crippen molar-refractivity contribution in [3.8, 4) is 11.3 Å². The zero-order valence-electron chi connectivity index (χ0n) is 22.9. The third kappa shape index (κ3) is 5.36. The average Bonchev–Trinajstić information content (AvgIpc) is 3.21. The van der Waals surface area contributed by atoms with Crippen molar-refractivity contribution in [3.05, 3.63) is 113 Å². The van der Waals surface area contributed by atoms with Gasteiger partial charge in [-0.25, -0.2) is 18.7 Å². The number of halogens is 2. The van der Waals surface area contributed by atoms with E-state index in [1.54, 1.807) is 30.3 Å². The van der Waals surface area contributed by atoms with Crippen LogP contribution in [-0.2, 0) is 11.2 Å². The molecule has 0 spiro atoms. The van der Waals surface area contributed by atoms with Gasteiger partial charge in [-0.3, -0.25) is 24.1 Å². The first-order valence-electron chi connectivity index (χ1n) is 13.6. The molecule has 0 saturated carbocycles. The molecular weight excluding hydrogens is 556 g/mol. The Morgan fingerprint density at radius 1 is 1.00 bits per heavy atom. The second kappa shape index (κ2) is 11.2. The molecule has 9 nitrogen and oxygen atoms in total. The summed E-state index contributed by atoms with van der Waals surface area (Å²) in [5, 5.41) is 5.48. The highest BCUT2D eigenvalue weighted by Crippen LogP contribution is 2.37. The fourth-order valence-corrected chi connectivity index (χ4v) is 5.60. The van der Waals surface area contributed by atoms with Crippen LogP contribution in [0.4, 0.5) is 14.6 Å². The number of amides is 4. The van der Waals surface area contributed by atoms with Crippen LogP contribution < -0.4 is 10.6 Å². The van der Waals surface area contributed by atoms with E-state index in [-0.39, 0.29) is 47.9 Å². The molecule has 4 amide bonds. The van der Waals surface area contributed by atoms with Gasteiger partial charge in [0, 0.05) is 24.1 Å². The van der Waals surface area contributed by atoms with Crippen LogP contribution in [-0.4, -0.2) is 51.1 Å². The Hall–Kier alpha value is -5.32. The summed E-state index contributed by atoms with van der Waals surface area (Å²) in [5.74, 6) is -3.12. The molecule has 0 bridgehead atoms. The molecule has 3 heterocycles. The van der Waals surface area contributed by atoms with Crippen molar-refractivity contribution >= 4 is 29.4 Å². The number of anilines is 1. The summed E-state index contributed by atoms with van der Waals surface area (Å²) in [5.41, 5.74) is 2.30. The molecule has 2 atom stereocenters. The van der Waals surface area contributed by atoms with Crippen LogP contribution in [0.25, 0.3) is 11.3 Å². The maximum absolute atomic E-state index is 15.1. The second-order valence-corrected chi connectivity index (χ2v) is 10.6. The van der Waals surface area contributed by atoms with Gasteiger partial charge in [-0.05, 0) is 60.4 Å². The van der Waals surface area contributed by atoms with Crippen LogP contribution in [0.1, 0.15) is 61.5 Å². The Labute approximate surface area is 245 Å². The van der Waals surface area contributed by atoms with Crippen molar-refractivity contribution in [2.75, 3.05) is 11.9 Å². The van der Waals surface area contributed by atoms with Gasteiger partial charge in [0.2, 0.25) is 5.91 Å². The number of carbonyl (C=O) groups excluding carboxylic acids is 4. The van der Waals surface area contributed by atoms with Crippen LogP contribution in [0.5, 0.6) is 0 Å². The van der Waals surface area contributed by atoms with Gasteiger partial charge in [-0.15, -0.1) is 0 Å². The first kappa shape index (κ1) is 27.8. The number of aromatic nitrogens is 2. The topological polar surface area (TPSA) is 121 Å². The molecule has 2 N–H and O–H groups in total. The van der Waals surface area contributed by atoms with E-state index < -0.39 is 35.4 Å². The zero-order valence-corrected chi connectivity index (χ0v) is 22.9. The summed E-state index contributed by atoms with van der Waals surface area (Å²) < 4.78 is 29.1. The lowest BCUT2D eigenvalue weighted by atomic mass is 9.90. The summed E-state index contributed by atoms with van der Waals surface area (Å²) in [6, 6.07) is 15.3. The van der Waals surface area contributed by atoms with Gasteiger partial charge in [-0.1, -0.05) is 31.2 Å². The van der Waals surface area contributed by atoms with E-state index in [0.29, 0.717) is 28.2 Å². The quantitative estimate of drug-likeness (QED) is 0.310. The number of carbonyl (C=O) groups is 4. The largest absolute Gasteiger partial charge is 0.347 e. The number of rotatable bonds is 7.